The number of hydrogen-bond acceptors (Lipinski definition) is 5. The molecule has 0 amide bonds. The number of allylic oxidation sites excluding steroid dienone is 6. The van der Waals surface area contributed by atoms with Gasteiger partial charge in [-0.1, -0.05) is 159 Å². The van der Waals surface area contributed by atoms with Gasteiger partial charge in [0.2, 0.25) is 0 Å². The lowest BCUT2D eigenvalue weighted by Crippen LogP contribution is -2.28. The molecule has 0 spiro atoms. The molecule has 0 rings (SSSR count). The second-order valence-electron chi connectivity index (χ2n) is 12.3. The third-order valence-corrected chi connectivity index (χ3v) is 7.95. The van der Waals surface area contributed by atoms with Crippen LogP contribution in [0, 0.1) is 0 Å². The molecular weight excluding hydrogens is 548 g/mol. The maximum absolute atomic E-state index is 12.1. The van der Waals surface area contributed by atoms with E-state index in [1.165, 1.54) is 89.9 Å². The average molecular weight is 619 g/mol. The number of hydrogen-bond donors (Lipinski definition) is 1. The fourth-order valence-corrected chi connectivity index (χ4v) is 5.16. The highest BCUT2D eigenvalue weighted by Crippen LogP contribution is 2.14. The predicted octanol–water partition coefficient (Wildman–Crippen LogP) is 11.3. The van der Waals surface area contributed by atoms with Crippen LogP contribution in [0.2, 0.25) is 0 Å². The van der Waals surface area contributed by atoms with Crippen molar-refractivity contribution in [3.05, 3.63) is 36.5 Å². The van der Waals surface area contributed by atoms with Gasteiger partial charge < -0.3 is 14.6 Å². The molecule has 1 unspecified atom stereocenters. The molecule has 0 aliphatic heterocycles. The molecule has 0 aromatic carbocycles. The molecule has 5 nitrogen and oxygen atoms in total. The molecule has 0 aromatic heterocycles. The van der Waals surface area contributed by atoms with Gasteiger partial charge >= 0.3 is 11.9 Å². The minimum atomic E-state index is -0.774. The fraction of sp³-hybridized carbons (Fsp3) is 0.795. The lowest BCUT2D eigenvalue weighted by Gasteiger charge is -2.15. The van der Waals surface area contributed by atoms with Gasteiger partial charge in [0.15, 0.2) is 6.10 Å². The van der Waals surface area contributed by atoms with Crippen LogP contribution in [-0.4, -0.2) is 36.4 Å². The van der Waals surface area contributed by atoms with Gasteiger partial charge in [0.1, 0.15) is 6.61 Å². The SMILES string of the molecule is CCC=CCC=CCC=CCCCCCCCC(=O)OCC(CO)OC(=O)CCCCCCCCCCCCCCCCC. The number of unbranched alkanes of at least 4 members (excludes halogenated alkanes) is 19. The van der Waals surface area contributed by atoms with E-state index in [2.05, 4.69) is 50.3 Å². The van der Waals surface area contributed by atoms with Gasteiger partial charge in [0.25, 0.3) is 0 Å². The highest BCUT2D eigenvalue weighted by molar-refractivity contribution is 5.70. The molecule has 0 bridgehead atoms. The zero-order valence-electron chi connectivity index (χ0n) is 28.9. The van der Waals surface area contributed by atoms with E-state index in [1.54, 1.807) is 0 Å². The van der Waals surface area contributed by atoms with E-state index in [0.717, 1.165) is 64.2 Å². The minimum Gasteiger partial charge on any atom is -0.462 e. The number of ether oxygens (including phenoxy) is 2. The van der Waals surface area contributed by atoms with Gasteiger partial charge in [0, 0.05) is 12.8 Å². The molecule has 0 aromatic rings. The molecule has 0 fully saturated rings. The summed E-state index contributed by atoms with van der Waals surface area (Å²) in [5.74, 6) is -0.607. The number of aliphatic hydroxyl groups is 1. The molecule has 0 aliphatic rings. The van der Waals surface area contributed by atoms with Crippen molar-refractivity contribution in [2.24, 2.45) is 0 Å². The monoisotopic (exact) mass is 619 g/mol. The van der Waals surface area contributed by atoms with E-state index in [1.807, 2.05) is 0 Å². The Bertz CT molecular complexity index is 711. The summed E-state index contributed by atoms with van der Waals surface area (Å²) in [6.45, 7) is 4.01. The Morgan fingerprint density at radius 3 is 1.48 bits per heavy atom. The van der Waals surface area contributed by atoms with Gasteiger partial charge in [0.05, 0.1) is 6.61 Å². The van der Waals surface area contributed by atoms with Gasteiger partial charge in [-0.2, -0.15) is 0 Å². The molecule has 1 atom stereocenters. The summed E-state index contributed by atoms with van der Waals surface area (Å²) >= 11 is 0. The largest absolute Gasteiger partial charge is 0.462 e. The van der Waals surface area contributed by atoms with Crippen molar-refractivity contribution in [3.63, 3.8) is 0 Å². The summed E-state index contributed by atoms with van der Waals surface area (Å²) in [5.41, 5.74) is 0. The Kier molecular flexibility index (Phi) is 34.1. The number of carbonyl (C=O) groups excluding carboxylic acids is 2. The Labute approximate surface area is 272 Å². The zero-order valence-corrected chi connectivity index (χ0v) is 28.9. The molecule has 44 heavy (non-hydrogen) atoms. The summed E-state index contributed by atoms with van der Waals surface area (Å²) in [4.78, 5) is 24.2. The third-order valence-electron chi connectivity index (χ3n) is 7.95. The highest BCUT2D eigenvalue weighted by atomic mass is 16.6. The molecular formula is C39H70O5. The van der Waals surface area contributed by atoms with Crippen LogP contribution in [0.3, 0.4) is 0 Å². The van der Waals surface area contributed by atoms with E-state index >= 15 is 0 Å². The van der Waals surface area contributed by atoms with Crippen molar-refractivity contribution in [1.82, 2.24) is 0 Å². The Balaban J connectivity index is 3.58. The maximum Gasteiger partial charge on any atom is 0.306 e. The molecule has 256 valence electrons. The first-order valence-corrected chi connectivity index (χ1v) is 18.5. The summed E-state index contributed by atoms with van der Waals surface area (Å²) in [7, 11) is 0. The van der Waals surface area contributed by atoms with Crippen molar-refractivity contribution in [2.75, 3.05) is 13.2 Å². The van der Waals surface area contributed by atoms with E-state index < -0.39 is 6.10 Å². The Hall–Kier alpha value is -1.88. The normalized spacial score (nSPS) is 12.5. The van der Waals surface area contributed by atoms with Crippen LogP contribution in [0.25, 0.3) is 0 Å². The second kappa shape index (κ2) is 35.6. The lowest BCUT2D eigenvalue weighted by molar-refractivity contribution is -0.161. The van der Waals surface area contributed by atoms with Crippen molar-refractivity contribution < 1.29 is 24.2 Å². The average Bonchev–Trinajstić information content (AvgIpc) is 3.02. The summed E-state index contributed by atoms with van der Waals surface area (Å²) < 4.78 is 10.6. The van der Waals surface area contributed by atoms with E-state index in [-0.39, 0.29) is 25.2 Å². The number of esters is 2. The van der Waals surface area contributed by atoms with Crippen molar-refractivity contribution in [1.29, 1.82) is 0 Å². The highest BCUT2D eigenvalue weighted by Gasteiger charge is 2.16. The maximum atomic E-state index is 12.1. The predicted molar refractivity (Wildman–Crippen MR) is 187 cm³/mol. The first-order valence-electron chi connectivity index (χ1n) is 18.5. The van der Waals surface area contributed by atoms with Crippen molar-refractivity contribution >= 4 is 11.9 Å². The van der Waals surface area contributed by atoms with Crippen LogP contribution < -0.4 is 0 Å². The molecule has 0 heterocycles. The van der Waals surface area contributed by atoms with Crippen molar-refractivity contribution in [3.8, 4) is 0 Å². The molecule has 1 N–H and O–H groups in total. The standard InChI is InChI=1S/C39H70O5/c1-3-5-7-9-11-13-15-17-19-21-23-25-27-29-31-33-38(41)43-36-37(35-40)44-39(42)34-32-30-28-26-24-22-20-18-16-14-12-10-8-6-4-2/h5,7,11,13,17,19,37,40H,3-4,6,8-10,12,14-16,18,20-36H2,1-2H3. The number of aliphatic hydroxyl groups excluding tert-OH is 1. The third kappa shape index (κ3) is 33.0. The molecule has 0 saturated carbocycles. The minimum absolute atomic E-state index is 0.0725. The quantitative estimate of drug-likeness (QED) is 0.0450. The first kappa shape index (κ1) is 42.1. The topological polar surface area (TPSA) is 72.8 Å². The summed E-state index contributed by atoms with van der Waals surface area (Å²) in [6, 6.07) is 0. The molecule has 0 saturated heterocycles. The van der Waals surface area contributed by atoms with Gasteiger partial charge in [-0.15, -0.1) is 0 Å². The Morgan fingerprint density at radius 2 is 0.977 bits per heavy atom. The van der Waals surface area contributed by atoms with E-state index in [9.17, 15) is 14.7 Å². The summed E-state index contributed by atoms with van der Waals surface area (Å²) in [6.07, 6.45) is 42.0. The van der Waals surface area contributed by atoms with Crippen molar-refractivity contribution in [2.45, 2.75) is 187 Å². The number of rotatable bonds is 33. The van der Waals surface area contributed by atoms with Gasteiger partial charge in [-0.3, -0.25) is 9.59 Å². The van der Waals surface area contributed by atoms with Crippen LogP contribution in [0.1, 0.15) is 181 Å². The summed E-state index contributed by atoms with van der Waals surface area (Å²) in [5, 5.41) is 9.53. The lowest BCUT2D eigenvalue weighted by atomic mass is 10.0. The van der Waals surface area contributed by atoms with Gasteiger partial charge in [-0.05, 0) is 44.9 Å². The van der Waals surface area contributed by atoms with Crippen LogP contribution in [-0.2, 0) is 19.1 Å². The smallest absolute Gasteiger partial charge is 0.306 e. The first-order chi connectivity index (χ1) is 21.6. The van der Waals surface area contributed by atoms with Crippen LogP contribution in [0.5, 0.6) is 0 Å². The number of carbonyl (C=O) groups is 2. The fourth-order valence-electron chi connectivity index (χ4n) is 5.16. The van der Waals surface area contributed by atoms with E-state index in [4.69, 9.17) is 9.47 Å². The molecule has 0 radical (unpaired) electrons. The van der Waals surface area contributed by atoms with Crippen LogP contribution in [0.15, 0.2) is 36.5 Å². The molecule has 0 aliphatic carbocycles. The van der Waals surface area contributed by atoms with Crippen LogP contribution in [0.4, 0.5) is 0 Å². The van der Waals surface area contributed by atoms with Gasteiger partial charge in [-0.25, -0.2) is 0 Å². The zero-order chi connectivity index (χ0) is 32.2. The Morgan fingerprint density at radius 1 is 0.545 bits per heavy atom. The van der Waals surface area contributed by atoms with E-state index in [0.29, 0.717) is 12.8 Å². The second-order valence-corrected chi connectivity index (χ2v) is 12.3. The van der Waals surface area contributed by atoms with Crippen LogP contribution >= 0.6 is 0 Å². The molecule has 5 heteroatoms.